The molecule has 0 spiro atoms. The molecule has 2 aromatic carbocycles. The monoisotopic (exact) mass is 350 g/mol. The van der Waals surface area contributed by atoms with Gasteiger partial charge < -0.3 is 10.3 Å². The summed E-state index contributed by atoms with van der Waals surface area (Å²) in [6.45, 7) is 2.02. The average molecular weight is 350 g/mol. The largest absolute Gasteiger partial charge is 0.359 e. The summed E-state index contributed by atoms with van der Waals surface area (Å²) in [5.41, 5.74) is 3.71. The summed E-state index contributed by atoms with van der Waals surface area (Å²) in [5, 5.41) is 4.37. The van der Waals surface area contributed by atoms with Gasteiger partial charge in [0.05, 0.1) is 0 Å². The number of halogens is 2. The number of H-pyrrole nitrogens is 1. The second kappa shape index (κ2) is 6.55. The van der Waals surface area contributed by atoms with Crippen LogP contribution in [-0.4, -0.2) is 15.0 Å². The zero-order valence-corrected chi connectivity index (χ0v) is 14.1. The van der Waals surface area contributed by atoms with Crippen molar-refractivity contribution in [3.8, 4) is 0 Å². The standard InChI is InChI=1S/C20H16F2N4/c1-12-8-14-11-15(3-5-18(14)24-12)25-19-6-7-23-20(26-19)10-13-2-4-16(21)17(22)9-13/h2-9,11,24H,10H2,1H3,(H,23,25,26). The van der Waals surface area contributed by atoms with Crippen molar-refractivity contribution in [3.63, 3.8) is 0 Å². The Morgan fingerprint density at radius 3 is 2.73 bits per heavy atom. The highest BCUT2D eigenvalue weighted by Crippen LogP contribution is 2.22. The predicted octanol–water partition coefficient (Wildman–Crippen LogP) is 4.88. The molecular formula is C20H16F2N4. The van der Waals surface area contributed by atoms with E-state index in [0.29, 0.717) is 23.6 Å². The van der Waals surface area contributed by atoms with Crippen LogP contribution in [-0.2, 0) is 6.42 Å². The van der Waals surface area contributed by atoms with Crippen molar-refractivity contribution < 1.29 is 8.78 Å². The van der Waals surface area contributed by atoms with Gasteiger partial charge in [-0.15, -0.1) is 0 Å². The van der Waals surface area contributed by atoms with E-state index in [-0.39, 0.29) is 0 Å². The first kappa shape index (κ1) is 16.2. The van der Waals surface area contributed by atoms with Gasteiger partial charge in [-0.3, -0.25) is 0 Å². The molecule has 0 bridgehead atoms. The quantitative estimate of drug-likeness (QED) is 0.552. The van der Waals surface area contributed by atoms with Crippen LogP contribution in [0.1, 0.15) is 17.1 Å². The van der Waals surface area contributed by atoms with Gasteiger partial charge >= 0.3 is 0 Å². The van der Waals surface area contributed by atoms with Crippen LogP contribution in [0, 0.1) is 18.6 Å². The van der Waals surface area contributed by atoms with E-state index in [9.17, 15) is 8.78 Å². The Bertz CT molecular complexity index is 1090. The number of anilines is 2. The number of hydrogen-bond acceptors (Lipinski definition) is 3. The molecule has 0 aliphatic heterocycles. The van der Waals surface area contributed by atoms with E-state index in [4.69, 9.17) is 0 Å². The van der Waals surface area contributed by atoms with Crippen LogP contribution in [0.15, 0.2) is 54.7 Å². The first-order valence-electron chi connectivity index (χ1n) is 8.19. The lowest BCUT2D eigenvalue weighted by Crippen LogP contribution is -2.01. The first-order valence-corrected chi connectivity index (χ1v) is 8.19. The van der Waals surface area contributed by atoms with Crippen LogP contribution in [0.25, 0.3) is 10.9 Å². The molecule has 2 aromatic heterocycles. The molecule has 2 heterocycles. The molecule has 2 N–H and O–H groups in total. The maximum Gasteiger partial charge on any atom is 0.159 e. The molecule has 26 heavy (non-hydrogen) atoms. The second-order valence-corrected chi connectivity index (χ2v) is 6.16. The predicted molar refractivity (Wildman–Crippen MR) is 97.5 cm³/mol. The zero-order valence-electron chi connectivity index (χ0n) is 14.1. The molecule has 0 aliphatic carbocycles. The zero-order chi connectivity index (χ0) is 18.1. The highest BCUT2D eigenvalue weighted by molar-refractivity contribution is 5.84. The smallest absolute Gasteiger partial charge is 0.159 e. The van der Waals surface area contributed by atoms with Gasteiger partial charge in [0.15, 0.2) is 11.6 Å². The highest BCUT2D eigenvalue weighted by atomic mass is 19.2. The number of aromatic amines is 1. The molecule has 130 valence electrons. The molecule has 0 radical (unpaired) electrons. The van der Waals surface area contributed by atoms with E-state index < -0.39 is 11.6 Å². The SMILES string of the molecule is Cc1cc2cc(Nc3ccnc(Cc4ccc(F)c(F)c4)n3)ccc2[nH]1. The summed E-state index contributed by atoms with van der Waals surface area (Å²) >= 11 is 0. The molecule has 0 amide bonds. The van der Waals surface area contributed by atoms with Crippen LogP contribution in [0.3, 0.4) is 0 Å². The van der Waals surface area contributed by atoms with Crippen molar-refractivity contribution in [3.05, 3.63) is 83.4 Å². The lowest BCUT2D eigenvalue weighted by atomic mass is 10.1. The first-order chi connectivity index (χ1) is 12.6. The lowest BCUT2D eigenvalue weighted by molar-refractivity contribution is 0.507. The molecule has 4 nitrogen and oxygen atoms in total. The van der Waals surface area contributed by atoms with E-state index in [1.807, 2.05) is 25.1 Å². The third kappa shape index (κ3) is 3.39. The number of nitrogens with one attached hydrogen (secondary N) is 2. The lowest BCUT2D eigenvalue weighted by Gasteiger charge is -2.07. The van der Waals surface area contributed by atoms with Crippen LogP contribution in [0.2, 0.25) is 0 Å². The number of fused-ring (bicyclic) bond motifs is 1. The Kier molecular flexibility index (Phi) is 4.08. The summed E-state index contributed by atoms with van der Waals surface area (Å²) in [5.74, 6) is -0.559. The third-order valence-corrected chi connectivity index (χ3v) is 4.08. The third-order valence-electron chi connectivity index (χ3n) is 4.08. The van der Waals surface area contributed by atoms with Crippen LogP contribution in [0.4, 0.5) is 20.3 Å². The average Bonchev–Trinajstić information content (AvgIpc) is 2.98. The number of benzene rings is 2. The number of rotatable bonds is 4. The Balaban J connectivity index is 1.55. The van der Waals surface area contributed by atoms with E-state index in [1.165, 1.54) is 12.1 Å². The fraction of sp³-hybridized carbons (Fsp3) is 0.100. The fourth-order valence-electron chi connectivity index (χ4n) is 2.89. The highest BCUT2D eigenvalue weighted by Gasteiger charge is 2.06. The summed E-state index contributed by atoms with van der Waals surface area (Å²) in [6, 6.07) is 13.7. The van der Waals surface area contributed by atoms with E-state index in [1.54, 1.807) is 12.3 Å². The van der Waals surface area contributed by atoms with E-state index in [2.05, 4.69) is 26.3 Å². The number of aryl methyl sites for hydroxylation is 1. The van der Waals surface area contributed by atoms with E-state index >= 15 is 0 Å². The Hall–Kier alpha value is -3.28. The molecule has 0 atom stereocenters. The minimum Gasteiger partial charge on any atom is -0.359 e. The molecule has 0 aliphatic rings. The fourth-order valence-corrected chi connectivity index (χ4v) is 2.89. The van der Waals surface area contributed by atoms with Crippen LogP contribution < -0.4 is 5.32 Å². The van der Waals surface area contributed by atoms with Gasteiger partial charge in [-0.2, -0.15) is 0 Å². The van der Waals surface area contributed by atoms with Crippen molar-refractivity contribution in [2.45, 2.75) is 13.3 Å². The maximum absolute atomic E-state index is 13.3. The van der Waals surface area contributed by atoms with Crippen LogP contribution >= 0.6 is 0 Å². The van der Waals surface area contributed by atoms with Gasteiger partial charge in [-0.25, -0.2) is 18.7 Å². The Labute approximate surface area is 148 Å². The van der Waals surface area contributed by atoms with Crippen molar-refractivity contribution in [1.29, 1.82) is 0 Å². The molecule has 0 unspecified atom stereocenters. The van der Waals surface area contributed by atoms with Gasteiger partial charge in [-0.1, -0.05) is 6.07 Å². The van der Waals surface area contributed by atoms with Gasteiger partial charge in [0.2, 0.25) is 0 Å². The molecule has 0 fully saturated rings. The maximum atomic E-state index is 13.3. The molecule has 0 saturated heterocycles. The summed E-state index contributed by atoms with van der Waals surface area (Å²) in [7, 11) is 0. The topological polar surface area (TPSA) is 53.6 Å². The second-order valence-electron chi connectivity index (χ2n) is 6.16. The minimum absolute atomic E-state index is 0.322. The van der Waals surface area contributed by atoms with E-state index in [0.717, 1.165) is 28.4 Å². The molecule has 4 rings (SSSR count). The van der Waals surface area contributed by atoms with Gasteiger partial charge in [0, 0.05) is 34.9 Å². The Morgan fingerprint density at radius 2 is 1.88 bits per heavy atom. The number of aromatic nitrogens is 3. The van der Waals surface area contributed by atoms with Gasteiger partial charge in [0.25, 0.3) is 0 Å². The van der Waals surface area contributed by atoms with Crippen LogP contribution in [0.5, 0.6) is 0 Å². The summed E-state index contributed by atoms with van der Waals surface area (Å²) in [4.78, 5) is 11.9. The molecular weight excluding hydrogens is 334 g/mol. The molecule has 0 saturated carbocycles. The van der Waals surface area contributed by atoms with Crippen molar-refractivity contribution >= 4 is 22.4 Å². The molecule has 4 aromatic rings. The normalized spacial score (nSPS) is 11.0. The summed E-state index contributed by atoms with van der Waals surface area (Å²) in [6.07, 6.45) is 1.96. The van der Waals surface area contributed by atoms with Gasteiger partial charge in [0.1, 0.15) is 11.6 Å². The number of hydrogen-bond donors (Lipinski definition) is 2. The van der Waals surface area contributed by atoms with Crippen molar-refractivity contribution in [1.82, 2.24) is 15.0 Å². The molecule has 6 heteroatoms. The number of nitrogens with zero attached hydrogens (tertiary/aromatic N) is 2. The minimum atomic E-state index is -0.869. The van der Waals surface area contributed by atoms with Gasteiger partial charge in [-0.05, 0) is 55.0 Å². The Morgan fingerprint density at radius 1 is 1.00 bits per heavy atom. The van der Waals surface area contributed by atoms with Crippen molar-refractivity contribution in [2.75, 3.05) is 5.32 Å². The van der Waals surface area contributed by atoms with Crippen molar-refractivity contribution in [2.24, 2.45) is 0 Å². The summed E-state index contributed by atoms with van der Waals surface area (Å²) < 4.78 is 26.4.